The van der Waals surface area contributed by atoms with Crippen molar-refractivity contribution in [2.75, 3.05) is 39.4 Å². The lowest BCUT2D eigenvalue weighted by molar-refractivity contribution is 0.0383. The van der Waals surface area contributed by atoms with E-state index in [-0.39, 0.29) is 5.91 Å². The molecule has 1 aliphatic rings. The molecule has 2 aromatic rings. The maximum atomic E-state index is 12.4. The number of ether oxygens (including phenoxy) is 2. The van der Waals surface area contributed by atoms with Gasteiger partial charge in [0.05, 0.1) is 25.1 Å². The molecule has 1 N–H and O–H groups in total. The fraction of sp³-hybridized carbons (Fsp3) is 0.500. The number of hydrogen-bond donors (Lipinski definition) is 1. The molecule has 3 heterocycles. The second kappa shape index (κ2) is 9.07. The Morgan fingerprint density at radius 3 is 2.88 bits per heavy atom. The SMILES string of the molecule is Cc1ccc(OCc2nc(C)c(C(=O)NCCN3CCOCC3)s2)cn1. The molecule has 0 saturated carbocycles. The monoisotopic (exact) mass is 376 g/mol. The van der Waals surface area contributed by atoms with Gasteiger partial charge in [0.15, 0.2) is 0 Å². The van der Waals surface area contributed by atoms with Crippen LogP contribution in [0.2, 0.25) is 0 Å². The molecule has 0 unspecified atom stereocenters. The van der Waals surface area contributed by atoms with Gasteiger partial charge >= 0.3 is 0 Å². The number of thiazole rings is 1. The van der Waals surface area contributed by atoms with Crippen LogP contribution in [0, 0.1) is 13.8 Å². The van der Waals surface area contributed by atoms with Crippen molar-refractivity contribution < 1.29 is 14.3 Å². The van der Waals surface area contributed by atoms with Crippen LogP contribution in [0.1, 0.15) is 26.1 Å². The topological polar surface area (TPSA) is 76.6 Å². The van der Waals surface area contributed by atoms with Gasteiger partial charge < -0.3 is 14.8 Å². The van der Waals surface area contributed by atoms with Crippen molar-refractivity contribution in [2.45, 2.75) is 20.5 Å². The molecule has 0 atom stereocenters. The molecule has 7 nitrogen and oxygen atoms in total. The van der Waals surface area contributed by atoms with Crippen LogP contribution in [0.5, 0.6) is 5.75 Å². The minimum absolute atomic E-state index is 0.0727. The number of carbonyl (C=O) groups is 1. The minimum atomic E-state index is -0.0727. The smallest absolute Gasteiger partial charge is 0.263 e. The third kappa shape index (κ3) is 5.23. The fourth-order valence-corrected chi connectivity index (χ4v) is 3.54. The molecule has 0 aromatic carbocycles. The molecule has 0 bridgehead atoms. The number of aryl methyl sites for hydroxylation is 2. The fourth-order valence-electron chi connectivity index (χ4n) is 2.64. The first-order valence-electron chi connectivity index (χ1n) is 8.72. The number of morpholine rings is 1. The van der Waals surface area contributed by atoms with E-state index in [1.165, 1.54) is 11.3 Å². The summed E-state index contributed by atoms with van der Waals surface area (Å²) in [6.07, 6.45) is 1.69. The molecule has 2 aromatic heterocycles. The molecule has 1 saturated heterocycles. The Hall–Kier alpha value is -2.03. The van der Waals surface area contributed by atoms with Gasteiger partial charge in [-0.05, 0) is 26.0 Å². The van der Waals surface area contributed by atoms with Gasteiger partial charge in [-0.3, -0.25) is 14.7 Å². The molecule has 140 valence electrons. The van der Waals surface area contributed by atoms with E-state index in [0.29, 0.717) is 23.8 Å². The van der Waals surface area contributed by atoms with Crippen molar-refractivity contribution in [2.24, 2.45) is 0 Å². The molecule has 1 amide bonds. The molecule has 26 heavy (non-hydrogen) atoms. The summed E-state index contributed by atoms with van der Waals surface area (Å²) in [5.74, 6) is 0.622. The molecule has 0 aliphatic carbocycles. The lowest BCUT2D eigenvalue weighted by Gasteiger charge is -2.26. The van der Waals surface area contributed by atoms with Crippen LogP contribution in [0.3, 0.4) is 0 Å². The van der Waals surface area contributed by atoms with Crippen molar-refractivity contribution in [1.82, 2.24) is 20.2 Å². The molecule has 0 spiro atoms. The number of hydrogen-bond acceptors (Lipinski definition) is 7. The Balaban J connectivity index is 1.48. The first-order valence-corrected chi connectivity index (χ1v) is 9.53. The Morgan fingerprint density at radius 2 is 2.15 bits per heavy atom. The number of amides is 1. The van der Waals surface area contributed by atoms with Gasteiger partial charge in [0, 0.05) is 31.9 Å². The number of carbonyl (C=O) groups excluding carboxylic acids is 1. The highest BCUT2D eigenvalue weighted by molar-refractivity contribution is 7.13. The molecule has 1 aliphatic heterocycles. The van der Waals surface area contributed by atoms with Crippen LogP contribution in [0.25, 0.3) is 0 Å². The zero-order chi connectivity index (χ0) is 18.4. The van der Waals surface area contributed by atoms with Crippen molar-refractivity contribution >= 4 is 17.2 Å². The zero-order valence-electron chi connectivity index (χ0n) is 15.2. The third-order valence-electron chi connectivity index (χ3n) is 4.11. The van der Waals surface area contributed by atoms with Crippen molar-refractivity contribution in [1.29, 1.82) is 0 Å². The van der Waals surface area contributed by atoms with E-state index < -0.39 is 0 Å². The molecule has 8 heteroatoms. The number of nitrogens with one attached hydrogen (secondary N) is 1. The summed E-state index contributed by atoms with van der Waals surface area (Å²) in [7, 11) is 0. The van der Waals surface area contributed by atoms with Crippen LogP contribution in [0.15, 0.2) is 18.3 Å². The van der Waals surface area contributed by atoms with E-state index in [1.54, 1.807) is 6.20 Å². The van der Waals surface area contributed by atoms with Gasteiger partial charge in [-0.1, -0.05) is 0 Å². The Kier molecular flexibility index (Phi) is 6.54. The zero-order valence-corrected chi connectivity index (χ0v) is 16.0. The maximum Gasteiger partial charge on any atom is 0.263 e. The number of pyridine rings is 1. The predicted octanol–water partition coefficient (Wildman–Crippen LogP) is 1.80. The second-order valence-corrected chi connectivity index (χ2v) is 7.24. The van der Waals surface area contributed by atoms with Gasteiger partial charge in [-0.2, -0.15) is 0 Å². The minimum Gasteiger partial charge on any atom is -0.485 e. The Morgan fingerprint density at radius 1 is 1.35 bits per heavy atom. The normalized spacial score (nSPS) is 15.0. The average Bonchev–Trinajstić information content (AvgIpc) is 3.03. The van der Waals surface area contributed by atoms with Crippen LogP contribution in [0.4, 0.5) is 0 Å². The van der Waals surface area contributed by atoms with Crippen molar-refractivity contribution in [3.8, 4) is 5.75 Å². The highest BCUT2D eigenvalue weighted by Gasteiger charge is 2.16. The summed E-state index contributed by atoms with van der Waals surface area (Å²) < 4.78 is 11.0. The van der Waals surface area contributed by atoms with Crippen molar-refractivity contribution in [3.05, 3.63) is 39.6 Å². The van der Waals surface area contributed by atoms with Gasteiger partial charge in [0.1, 0.15) is 22.2 Å². The molecule has 3 rings (SSSR count). The first kappa shape index (κ1) is 18.8. The summed E-state index contributed by atoms with van der Waals surface area (Å²) in [6.45, 7) is 8.94. The van der Waals surface area contributed by atoms with Gasteiger partial charge in [0.25, 0.3) is 5.91 Å². The largest absolute Gasteiger partial charge is 0.485 e. The highest BCUT2D eigenvalue weighted by Crippen LogP contribution is 2.20. The lowest BCUT2D eigenvalue weighted by Crippen LogP contribution is -2.41. The van der Waals surface area contributed by atoms with E-state index in [1.807, 2.05) is 26.0 Å². The second-order valence-electron chi connectivity index (χ2n) is 6.16. The maximum absolute atomic E-state index is 12.4. The summed E-state index contributed by atoms with van der Waals surface area (Å²) >= 11 is 1.37. The average molecular weight is 376 g/mol. The summed E-state index contributed by atoms with van der Waals surface area (Å²) in [6, 6.07) is 3.78. The lowest BCUT2D eigenvalue weighted by atomic mass is 10.3. The predicted molar refractivity (Wildman–Crippen MR) is 99.7 cm³/mol. The number of nitrogens with zero attached hydrogens (tertiary/aromatic N) is 3. The standard InChI is InChI=1S/C18H24N4O3S/c1-13-3-4-15(11-20-13)25-12-16-21-14(2)17(26-16)18(23)19-5-6-22-7-9-24-10-8-22/h3-4,11H,5-10,12H2,1-2H3,(H,19,23). The molecular formula is C18H24N4O3S. The van der Waals surface area contributed by atoms with E-state index in [9.17, 15) is 4.79 Å². The van der Waals surface area contributed by atoms with E-state index in [2.05, 4.69) is 20.2 Å². The van der Waals surface area contributed by atoms with Crippen LogP contribution < -0.4 is 10.1 Å². The Bertz CT molecular complexity index is 727. The van der Waals surface area contributed by atoms with Crippen LogP contribution in [-0.2, 0) is 11.3 Å². The van der Waals surface area contributed by atoms with Gasteiger partial charge in [0.2, 0.25) is 0 Å². The Labute approximate surface area is 157 Å². The van der Waals surface area contributed by atoms with E-state index >= 15 is 0 Å². The summed E-state index contributed by atoms with van der Waals surface area (Å²) in [5.41, 5.74) is 1.68. The van der Waals surface area contributed by atoms with Crippen LogP contribution >= 0.6 is 11.3 Å². The number of rotatable bonds is 7. The van der Waals surface area contributed by atoms with Gasteiger partial charge in [-0.15, -0.1) is 11.3 Å². The van der Waals surface area contributed by atoms with Gasteiger partial charge in [-0.25, -0.2) is 4.98 Å². The first-order chi connectivity index (χ1) is 12.6. The summed E-state index contributed by atoms with van der Waals surface area (Å²) in [5, 5.41) is 3.76. The van der Waals surface area contributed by atoms with E-state index in [0.717, 1.165) is 49.2 Å². The molecule has 0 radical (unpaired) electrons. The molecule has 1 fully saturated rings. The quantitative estimate of drug-likeness (QED) is 0.794. The van der Waals surface area contributed by atoms with E-state index in [4.69, 9.17) is 9.47 Å². The third-order valence-corrected chi connectivity index (χ3v) is 5.24. The highest BCUT2D eigenvalue weighted by atomic mass is 32.1. The number of aromatic nitrogens is 2. The van der Waals surface area contributed by atoms with Crippen molar-refractivity contribution in [3.63, 3.8) is 0 Å². The molecular weight excluding hydrogens is 352 g/mol. The summed E-state index contributed by atoms with van der Waals surface area (Å²) in [4.78, 5) is 24.0. The van der Waals surface area contributed by atoms with Crippen LogP contribution in [-0.4, -0.2) is 60.2 Å².